The third-order valence-corrected chi connectivity index (χ3v) is 5.88. The van der Waals surface area contributed by atoms with E-state index < -0.39 is 26.7 Å². The molecule has 11 heteroatoms. The summed E-state index contributed by atoms with van der Waals surface area (Å²) in [5.41, 5.74) is 13.6. The molecule has 1 aliphatic heterocycles. The summed E-state index contributed by atoms with van der Waals surface area (Å²) in [6, 6.07) is 10.8. The van der Waals surface area contributed by atoms with Crippen LogP contribution < -0.4 is 27.0 Å². The highest BCUT2D eigenvalue weighted by Gasteiger charge is 2.31. The molecule has 0 bridgehead atoms. The maximum atomic E-state index is 13.2. The van der Waals surface area contributed by atoms with Crippen molar-refractivity contribution in [3.8, 4) is 0 Å². The Morgan fingerprint density at radius 2 is 1.81 bits per heavy atom. The molecule has 1 heterocycles. The Labute approximate surface area is 186 Å². The van der Waals surface area contributed by atoms with Crippen LogP contribution in [-0.4, -0.2) is 25.9 Å². The van der Waals surface area contributed by atoms with Crippen LogP contribution in [0, 0.1) is 6.92 Å². The number of aryl methyl sites for hydroxylation is 1. The quantitative estimate of drug-likeness (QED) is 0.505. The number of benzene rings is 2. The van der Waals surface area contributed by atoms with E-state index in [4.69, 9.17) is 11.5 Å². The zero-order valence-electron chi connectivity index (χ0n) is 17.9. The molecule has 0 spiro atoms. The van der Waals surface area contributed by atoms with E-state index in [1.54, 1.807) is 0 Å². The molecule has 1 aliphatic rings. The van der Waals surface area contributed by atoms with E-state index in [0.29, 0.717) is 17.5 Å². The van der Waals surface area contributed by atoms with Gasteiger partial charge in [-0.15, -0.1) is 3.89 Å². The maximum absolute atomic E-state index is 13.2. The van der Waals surface area contributed by atoms with Gasteiger partial charge in [0.15, 0.2) is 0 Å². The van der Waals surface area contributed by atoms with Crippen LogP contribution in [0.25, 0.3) is 0 Å². The summed E-state index contributed by atoms with van der Waals surface area (Å²) in [6.45, 7) is 5.64. The Balaban J connectivity index is 1.62. The molecule has 2 amide bonds. The van der Waals surface area contributed by atoms with Crippen molar-refractivity contribution in [1.29, 1.82) is 0 Å². The number of carbonyl (C=O) groups excluding carboxylic acids is 1. The number of halogens is 1. The first kappa shape index (κ1) is 23.1. The highest BCUT2D eigenvalue weighted by atomic mass is 32.3. The number of nitrogens with two attached hydrogens (primary N) is 2. The number of nitrogens with one attached hydrogen (secondary N) is 2. The van der Waals surface area contributed by atoms with Crippen molar-refractivity contribution in [2.24, 2.45) is 16.5 Å². The number of rotatable bonds is 5. The van der Waals surface area contributed by atoms with E-state index in [1.807, 2.05) is 49.1 Å². The molecule has 3 rings (SSSR count). The number of amides is 2. The molecule has 6 N–H and O–H groups in total. The third kappa shape index (κ3) is 5.17. The van der Waals surface area contributed by atoms with E-state index in [9.17, 15) is 17.1 Å². The van der Waals surface area contributed by atoms with E-state index in [2.05, 4.69) is 15.6 Å². The molecule has 0 radical (unpaired) electrons. The van der Waals surface area contributed by atoms with Gasteiger partial charge in [0.2, 0.25) is 5.96 Å². The van der Waals surface area contributed by atoms with Crippen molar-refractivity contribution in [3.63, 3.8) is 0 Å². The predicted octanol–water partition coefficient (Wildman–Crippen LogP) is 2.69. The molecule has 32 heavy (non-hydrogen) atoms. The lowest BCUT2D eigenvalue weighted by Crippen LogP contribution is -2.53. The second kappa shape index (κ2) is 8.50. The lowest BCUT2D eigenvalue weighted by molar-refractivity contribution is 0.251. The van der Waals surface area contributed by atoms with Crippen LogP contribution in [-0.2, 0) is 16.8 Å². The number of aliphatic imine (C=N–C) groups is 1. The number of hydrogen-bond donors (Lipinski definition) is 4. The number of hydrogen-bond acceptors (Lipinski definition) is 7. The molecule has 0 aromatic heterocycles. The average Bonchev–Trinajstić information content (AvgIpc) is 2.65. The average molecular weight is 461 g/mol. The van der Waals surface area contributed by atoms with E-state index >= 15 is 0 Å². The van der Waals surface area contributed by atoms with Gasteiger partial charge in [0.05, 0.1) is 5.54 Å². The Hall–Kier alpha value is -3.60. The van der Waals surface area contributed by atoms with Gasteiger partial charge in [-0.2, -0.15) is 13.4 Å². The number of urea groups is 1. The monoisotopic (exact) mass is 460 g/mol. The van der Waals surface area contributed by atoms with Crippen LogP contribution in [0.4, 0.5) is 20.1 Å². The van der Waals surface area contributed by atoms with Gasteiger partial charge in [-0.1, -0.05) is 12.1 Å². The summed E-state index contributed by atoms with van der Waals surface area (Å²) in [5.74, 6) is 0.661. The van der Waals surface area contributed by atoms with Crippen LogP contribution in [0.1, 0.15) is 25.0 Å². The van der Waals surface area contributed by atoms with Crippen LogP contribution in [0.5, 0.6) is 0 Å². The molecule has 2 aromatic carbocycles. The fourth-order valence-electron chi connectivity index (χ4n) is 3.52. The Bertz CT molecular complexity index is 1210. The Morgan fingerprint density at radius 3 is 2.38 bits per heavy atom. The van der Waals surface area contributed by atoms with Crippen molar-refractivity contribution in [3.05, 3.63) is 65.5 Å². The second-order valence-electron chi connectivity index (χ2n) is 7.92. The first-order chi connectivity index (χ1) is 14.9. The molecule has 0 saturated heterocycles. The van der Waals surface area contributed by atoms with Crippen molar-refractivity contribution >= 4 is 33.6 Å². The standard InChI is InChI=1S/C21H25FN6O3S/c1-13-10-15(6-9-17(13)32(22,30)31)26-20(29)25-12-14-4-7-16(8-5-14)28-19(24)27-18(23)11-21(28,2)3/h4-11H,12,23H2,1-3H3,(H2,24,27)(H2,25,26,29). The zero-order chi connectivity index (χ0) is 23.7. The summed E-state index contributed by atoms with van der Waals surface area (Å²) in [7, 11) is -4.81. The lowest BCUT2D eigenvalue weighted by Gasteiger charge is -2.39. The number of anilines is 2. The van der Waals surface area contributed by atoms with Gasteiger partial charge in [-0.05, 0) is 68.3 Å². The zero-order valence-corrected chi connectivity index (χ0v) is 18.7. The van der Waals surface area contributed by atoms with Crippen LogP contribution in [0.15, 0.2) is 64.2 Å². The minimum Gasteiger partial charge on any atom is -0.384 e. The Kier molecular flexibility index (Phi) is 6.13. The van der Waals surface area contributed by atoms with E-state index in [-0.39, 0.29) is 12.1 Å². The SMILES string of the molecule is Cc1cc(NC(=O)NCc2ccc(N3C(N)=NC(N)=CC3(C)C)cc2)ccc1S(=O)(=O)F. The highest BCUT2D eigenvalue weighted by molar-refractivity contribution is 7.86. The van der Waals surface area contributed by atoms with E-state index in [0.717, 1.165) is 17.3 Å². The molecule has 9 nitrogen and oxygen atoms in total. The summed E-state index contributed by atoms with van der Waals surface area (Å²) in [6.07, 6.45) is 1.82. The summed E-state index contributed by atoms with van der Waals surface area (Å²) in [4.78, 5) is 17.7. The van der Waals surface area contributed by atoms with Gasteiger partial charge >= 0.3 is 16.3 Å². The molecule has 0 fully saturated rings. The normalized spacial score (nSPS) is 15.6. The molecular formula is C21H25FN6O3S. The van der Waals surface area contributed by atoms with Gasteiger partial charge in [-0.3, -0.25) is 0 Å². The van der Waals surface area contributed by atoms with E-state index in [1.165, 1.54) is 19.1 Å². The predicted molar refractivity (Wildman–Crippen MR) is 122 cm³/mol. The molecule has 0 atom stereocenters. The largest absolute Gasteiger partial charge is 0.384 e. The third-order valence-electron chi connectivity index (χ3n) is 4.89. The number of carbonyl (C=O) groups is 1. The van der Waals surface area contributed by atoms with Crippen molar-refractivity contribution in [2.75, 3.05) is 10.2 Å². The van der Waals surface area contributed by atoms with Gasteiger partial charge in [0.25, 0.3) is 0 Å². The Morgan fingerprint density at radius 1 is 1.16 bits per heavy atom. The van der Waals surface area contributed by atoms with Gasteiger partial charge in [0, 0.05) is 17.9 Å². The first-order valence-electron chi connectivity index (χ1n) is 9.69. The second-order valence-corrected chi connectivity index (χ2v) is 9.24. The van der Waals surface area contributed by atoms with Crippen LogP contribution in [0.3, 0.4) is 0 Å². The number of nitrogens with zero attached hydrogens (tertiary/aromatic N) is 2. The maximum Gasteiger partial charge on any atom is 0.332 e. The highest BCUT2D eigenvalue weighted by Crippen LogP contribution is 2.28. The topological polar surface area (TPSA) is 143 Å². The molecule has 2 aromatic rings. The molecule has 0 aliphatic carbocycles. The van der Waals surface area contributed by atoms with Gasteiger partial charge < -0.3 is 27.0 Å². The molecular weight excluding hydrogens is 435 g/mol. The summed E-state index contributed by atoms with van der Waals surface area (Å²) in [5, 5.41) is 5.30. The molecule has 0 saturated carbocycles. The summed E-state index contributed by atoms with van der Waals surface area (Å²) >= 11 is 0. The van der Waals surface area contributed by atoms with Crippen molar-refractivity contribution in [2.45, 2.75) is 37.8 Å². The summed E-state index contributed by atoms with van der Waals surface area (Å²) < 4.78 is 35.3. The van der Waals surface area contributed by atoms with Gasteiger partial charge in [0.1, 0.15) is 10.7 Å². The molecule has 170 valence electrons. The van der Waals surface area contributed by atoms with Crippen LogP contribution in [0.2, 0.25) is 0 Å². The van der Waals surface area contributed by atoms with Crippen molar-refractivity contribution < 1.29 is 17.1 Å². The smallest absolute Gasteiger partial charge is 0.332 e. The first-order valence-corrected chi connectivity index (χ1v) is 11.1. The fourth-order valence-corrected chi connectivity index (χ4v) is 4.20. The minimum absolute atomic E-state index is 0.195. The molecule has 0 unspecified atom stereocenters. The van der Waals surface area contributed by atoms with Gasteiger partial charge in [-0.25, -0.2) is 4.79 Å². The minimum atomic E-state index is -4.81. The van der Waals surface area contributed by atoms with Crippen LogP contribution >= 0.6 is 0 Å². The van der Waals surface area contributed by atoms with Crippen molar-refractivity contribution in [1.82, 2.24) is 5.32 Å². The lowest BCUT2D eigenvalue weighted by atomic mass is 10.00. The fraction of sp³-hybridized carbons (Fsp3) is 0.238. The number of guanidine groups is 1.